The second-order valence-electron chi connectivity index (χ2n) is 8.98. The van der Waals surface area contributed by atoms with E-state index in [0.29, 0.717) is 29.9 Å². The van der Waals surface area contributed by atoms with Crippen molar-refractivity contribution < 1.29 is 41.0 Å². The fourth-order valence-electron chi connectivity index (χ4n) is 4.51. The van der Waals surface area contributed by atoms with Gasteiger partial charge in [0.15, 0.2) is 0 Å². The van der Waals surface area contributed by atoms with E-state index in [9.17, 15) is 36.2 Å². The summed E-state index contributed by atoms with van der Waals surface area (Å²) >= 11 is 3.22. The Labute approximate surface area is 232 Å². The standard InChI is InChI=1S/C25H22BrF6N5O3/c1-3-15-10-18(21-19(37(15)23(38)39)4-5-20(36-21)40-2)35-22-33-11-16(26)17(34-22)8-12-6-13(24(27,28)29)9-14(7-12)25(30,31)32/h4-7,9,11,15,18H,3,8,10H2,1-2H3,(H,38,39)(H,33,34,35)/t15-,18+/m1/s1. The first kappa shape index (κ1) is 29.4. The Morgan fingerprint density at radius 1 is 1.12 bits per heavy atom. The van der Waals surface area contributed by atoms with Crippen LogP contribution in [0.15, 0.2) is 41.0 Å². The molecule has 214 valence electrons. The highest BCUT2D eigenvalue weighted by atomic mass is 79.9. The number of fused-ring (bicyclic) bond motifs is 1. The largest absolute Gasteiger partial charge is 0.481 e. The van der Waals surface area contributed by atoms with E-state index in [2.05, 4.69) is 36.2 Å². The van der Waals surface area contributed by atoms with Gasteiger partial charge in [0, 0.05) is 24.7 Å². The van der Waals surface area contributed by atoms with Crippen molar-refractivity contribution in [3.05, 3.63) is 69.1 Å². The maximum atomic E-state index is 13.3. The second-order valence-corrected chi connectivity index (χ2v) is 9.84. The van der Waals surface area contributed by atoms with E-state index in [1.165, 1.54) is 24.3 Å². The highest BCUT2D eigenvalue weighted by Gasteiger charge is 2.38. The van der Waals surface area contributed by atoms with Crippen LogP contribution in [-0.2, 0) is 18.8 Å². The number of rotatable bonds is 6. The van der Waals surface area contributed by atoms with Gasteiger partial charge in [0.2, 0.25) is 11.8 Å². The predicted molar refractivity (Wildman–Crippen MR) is 135 cm³/mol. The lowest BCUT2D eigenvalue weighted by atomic mass is 9.93. The molecule has 0 saturated carbocycles. The number of hydrogen-bond donors (Lipinski definition) is 2. The van der Waals surface area contributed by atoms with E-state index in [-0.39, 0.29) is 46.5 Å². The molecule has 2 atom stereocenters. The quantitative estimate of drug-likeness (QED) is 0.280. The van der Waals surface area contributed by atoms with Crippen molar-refractivity contribution in [3.8, 4) is 5.88 Å². The van der Waals surface area contributed by atoms with Gasteiger partial charge in [-0.3, -0.25) is 4.90 Å². The lowest BCUT2D eigenvalue weighted by molar-refractivity contribution is -0.143. The Morgan fingerprint density at radius 3 is 2.33 bits per heavy atom. The number of amides is 1. The Bertz CT molecular complexity index is 1390. The van der Waals surface area contributed by atoms with Crippen molar-refractivity contribution in [2.45, 2.75) is 50.6 Å². The van der Waals surface area contributed by atoms with Crippen LogP contribution in [0, 0.1) is 0 Å². The molecule has 0 radical (unpaired) electrons. The number of anilines is 2. The van der Waals surface area contributed by atoms with Crippen LogP contribution in [0.1, 0.15) is 53.9 Å². The summed E-state index contributed by atoms with van der Waals surface area (Å²) in [5, 5.41) is 12.9. The van der Waals surface area contributed by atoms with Gasteiger partial charge in [-0.2, -0.15) is 26.3 Å². The van der Waals surface area contributed by atoms with Gasteiger partial charge in [-0.05, 0) is 58.6 Å². The summed E-state index contributed by atoms with van der Waals surface area (Å²) in [4.78, 5) is 26.2. The van der Waals surface area contributed by atoms with Crippen molar-refractivity contribution in [1.29, 1.82) is 0 Å². The van der Waals surface area contributed by atoms with Crippen LogP contribution in [0.3, 0.4) is 0 Å². The third-order valence-corrected chi connectivity index (χ3v) is 7.03. The summed E-state index contributed by atoms with van der Waals surface area (Å²) in [6.45, 7) is 1.83. The first-order valence-electron chi connectivity index (χ1n) is 11.8. The number of methoxy groups -OCH3 is 1. The minimum Gasteiger partial charge on any atom is -0.481 e. The summed E-state index contributed by atoms with van der Waals surface area (Å²) < 4.78 is 85.4. The molecule has 0 unspecified atom stereocenters. The number of carboxylic acid groups (broad SMARTS) is 1. The first-order valence-corrected chi connectivity index (χ1v) is 12.6. The van der Waals surface area contributed by atoms with Crippen LogP contribution in [0.25, 0.3) is 0 Å². The topological polar surface area (TPSA) is 100 Å². The fraction of sp³-hybridized carbons (Fsp3) is 0.360. The molecule has 1 aliphatic rings. The highest BCUT2D eigenvalue weighted by Crippen LogP contribution is 2.40. The Hall–Kier alpha value is -3.62. The molecule has 15 heteroatoms. The number of ether oxygens (including phenoxy) is 1. The Morgan fingerprint density at radius 2 is 1.77 bits per heavy atom. The molecule has 8 nitrogen and oxygen atoms in total. The number of pyridine rings is 1. The molecule has 0 fully saturated rings. The Balaban J connectivity index is 1.69. The second kappa shape index (κ2) is 11.1. The fourth-order valence-corrected chi connectivity index (χ4v) is 4.84. The molecule has 1 aromatic carbocycles. The molecule has 0 bridgehead atoms. The SMILES string of the molecule is CC[C@@H]1C[C@H](Nc2ncc(Br)c(Cc3cc(C(F)(F)F)cc(C(F)(F)F)c3)n2)c2nc(OC)ccc2N1C(=O)O. The zero-order chi connectivity index (χ0) is 29.4. The number of benzene rings is 1. The molecular formula is C25H22BrF6N5O3. The maximum absolute atomic E-state index is 13.3. The normalized spacial score (nSPS) is 17.4. The molecule has 0 spiro atoms. The predicted octanol–water partition coefficient (Wildman–Crippen LogP) is 7.09. The van der Waals surface area contributed by atoms with Crippen LogP contribution in [0.4, 0.5) is 42.8 Å². The number of nitrogens with zero attached hydrogens (tertiary/aromatic N) is 4. The summed E-state index contributed by atoms with van der Waals surface area (Å²) in [7, 11) is 1.41. The summed E-state index contributed by atoms with van der Waals surface area (Å²) in [5.74, 6) is 0.272. The van der Waals surface area contributed by atoms with Gasteiger partial charge in [-0.1, -0.05) is 6.92 Å². The molecule has 2 N–H and O–H groups in total. The number of carbonyl (C=O) groups is 1. The molecule has 2 aromatic heterocycles. The number of aromatic nitrogens is 3. The molecule has 1 amide bonds. The lowest BCUT2D eigenvalue weighted by Gasteiger charge is -2.38. The average molecular weight is 634 g/mol. The molecule has 0 saturated heterocycles. The van der Waals surface area contributed by atoms with Gasteiger partial charge >= 0.3 is 18.4 Å². The van der Waals surface area contributed by atoms with E-state index in [0.717, 1.165) is 0 Å². The highest BCUT2D eigenvalue weighted by molar-refractivity contribution is 9.10. The average Bonchev–Trinajstić information content (AvgIpc) is 2.88. The van der Waals surface area contributed by atoms with Crippen molar-refractivity contribution in [3.63, 3.8) is 0 Å². The molecule has 3 aromatic rings. The van der Waals surface area contributed by atoms with Gasteiger partial charge in [-0.25, -0.2) is 19.7 Å². The van der Waals surface area contributed by atoms with E-state index in [4.69, 9.17) is 4.74 Å². The van der Waals surface area contributed by atoms with Crippen molar-refractivity contribution in [1.82, 2.24) is 15.0 Å². The first-order chi connectivity index (χ1) is 18.7. The minimum atomic E-state index is -4.98. The molecule has 1 aliphatic heterocycles. The van der Waals surface area contributed by atoms with E-state index < -0.39 is 41.7 Å². The maximum Gasteiger partial charge on any atom is 0.416 e. The molecule has 3 heterocycles. The van der Waals surface area contributed by atoms with E-state index in [1.807, 2.05) is 6.92 Å². The van der Waals surface area contributed by atoms with Crippen LogP contribution in [-0.4, -0.2) is 39.3 Å². The van der Waals surface area contributed by atoms with Crippen molar-refractivity contribution in [2.24, 2.45) is 0 Å². The van der Waals surface area contributed by atoms with E-state index in [1.54, 1.807) is 6.07 Å². The van der Waals surface area contributed by atoms with Gasteiger partial charge < -0.3 is 15.2 Å². The zero-order valence-corrected chi connectivity index (χ0v) is 22.5. The molecular weight excluding hydrogens is 612 g/mol. The molecule has 40 heavy (non-hydrogen) atoms. The molecule has 0 aliphatic carbocycles. The minimum absolute atomic E-state index is 0.0282. The van der Waals surface area contributed by atoms with Gasteiger partial charge in [0.1, 0.15) is 0 Å². The smallest absolute Gasteiger partial charge is 0.416 e. The number of halogens is 7. The van der Waals surface area contributed by atoms with Crippen LogP contribution in [0.5, 0.6) is 5.88 Å². The zero-order valence-electron chi connectivity index (χ0n) is 20.9. The number of nitrogens with one attached hydrogen (secondary N) is 1. The van der Waals surface area contributed by atoms with Gasteiger partial charge in [0.05, 0.1) is 45.8 Å². The summed E-state index contributed by atoms with van der Waals surface area (Å²) in [5.41, 5.74) is -2.26. The van der Waals surface area contributed by atoms with E-state index >= 15 is 0 Å². The van der Waals surface area contributed by atoms with Crippen LogP contribution in [0.2, 0.25) is 0 Å². The number of hydrogen-bond acceptors (Lipinski definition) is 6. The monoisotopic (exact) mass is 633 g/mol. The lowest BCUT2D eigenvalue weighted by Crippen LogP contribution is -2.45. The van der Waals surface area contributed by atoms with Crippen LogP contribution < -0.4 is 15.0 Å². The Kier molecular flexibility index (Phi) is 8.15. The van der Waals surface area contributed by atoms with Gasteiger partial charge in [-0.15, -0.1) is 0 Å². The van der Waals surface area contributed by atoms with Crippen molar-refractivity contribution >= 4 is 33.7 Å². The number of alkyl halides is 6. The third kappa shape index (κ3) is 6.24. The molecule has 4 rings (SSSR count). The third-order valence-electron chi connectivity index (χ3n) is 6.36. The summed E-state index contributed by atoms with van der Waals surface area (Å²) in [6, 6.07) is 3.47. The van der Waals surface area contributed by atoms with Crippen molar-refractivity contribution in [2.75, 3.05) is 17.3 Å². The van der Waals surface area contributed by atoms with Gasteiger partial charge in [0.25, 0.3) is 0 Å². The summed E-state index contributed by atoms with van der Waals surface area (Å²) in [6.07, 6.45) is -9.37. The van der Waals surface area contributed by atoms with Crippen LogP contribution >= 0.6 is 15.9 Å².